The van der Waals surface area contributed by atoms with Crippen molar-refractivity contribution in [2.45, 2.75) is 83.1 Å². The Balaban J connectivity index is 0.00000236. The Hall–Kier alpha value is -4.43. The summed E-state index contributed by atoms with van der Waals surface area (Å²) < 4.78 is 2.99. The molecule has 1 saturated carbocycles. The summed E-state index contributed by atoms with van der Waals surface area (Å²) in [4.78, 5) is 0. The van der Waals surface area contributed by atoms with Gasteiger partial charge in [-0.1, -0.05) is 0 Å². The van der Waals surface area contributed by atoms with Crippen LogP contribution in [0.25, 0.3) is 77.5 Å². The molecule has 4 unspecified atom stereocenters. The Morgan fingerprint density at radius 2 is 0.794 bits per heavy atom. The fourth-order valence-electron chi connectivity index (χ4n) is 13.7. The maximum absolute atomic E-state index is 2.95. The third-order valence-corrected chi connectivity index (χ3v) is 26.4. The minimum atomic E-state index is -2.95. The first-order chi connectivity index (χ1) is 29.9. The SMILES string of the molecule is CC(C)CC1=Cc2c(-c3c4ccccc4cc4ccccc34)cccc2[CH]1[Ti+2]1([CH]2C(CC(C)C)=Cc3c(-c4c5ccccc5cc5ccccc45)cccc32)[CH]2CCCC[CH]21.[Cl-].[Cl-]. The molecule has 4 aliphatic rings. The number of hydrogen-bond acceptors (Lipinski definition) is 0. The molecule has 1 saturated heterocycles. The van der Waals surface area contributed by atoms with E-state index < -0.39 is 16.6 Å². The molecule has 1 heterocycles. The zero-order valence-electron chi connectivity index (χ0n) is 37.0. The molecule has 4 atom stereocenters. The Morgan fingerprint density at radius 1 is 0.444 bits per heavy atom. The molecule has 0 bridgehead atoms. The van der Waals surface area contributed by atoms with Crippen molar-refractivity contribution in [1.29, 1.82) is 0 Å². The van der Waals surface area contributed by atoms with Crippen molar-refractivity contribution in [3.05, 3.63) is 179 Å². The van der Waals surface area contributed by atoms with Crippen LogP contribution in [0.4, 0.5) is 0 Å². The molecule has 2 fully saturated rings. The van der Waals surface area contributed by atoms with E-state index in [4.69, 9.17) is 0 Å². The quantitative estimate of drug-likeness (QED) is 0.105. The molecule has 0 aromatic heterocycles. The smallest absolute Gasteiger partial charge is 1.00 e. The van der Waals surface area contributed by atoms with Gasteiger partial charge in [0.1, 0.15) is 0 Å². The Bertz CT molecular complexity index is 2830. The fraction of sp³-hybridized carbons (Fsp3) is 0.267. The van der Waals surface area contributed by atoms with E-state index in [1.165, 1.54) is 115 Å². The van der Waals surface area contributed by atoms with Gasteiger partial charge in [-0.15, -0.1) is 0 Å². The molecular formula is C60H56Cl2Ti. The van der Waals surface area contributed by atoms with E-state index in [9.17, 15) is 0 Å². The average Bonchev–Trinajstić information content (AvgIpc) is 3.54. The Morgan fingerprint density at radius 3 is 1.14 bits per heavy atom. The zero-order valence-corrected chi connectivity index (χ0v) is 40.0. The molecule has 0 amide bonds. The molecule has 0 spiro atoms. The molecular weight excluding hydrogens is 839 g/mol. The van der Waals surface area contributed by atoms with Crippen LogP contribution in [-0.2, 0) is 16.6 Å². The monoisotopic (exact) mass is 894 g/mol. The minimum Gasteiger partial charge on any atom is -1.00 e. The van der Waals surface area contributed by atoms with Crippen molar-refractivity contribution in [1.82, 2.24) is 0 Å². The van der Waals surface area contributed by atoms with E-state index in [0.29, 0.717) is 20.3 Å². The summed E-state index contributed by atoms with van der Waals surface area (Å²) in [6, 6.07) is 56.3. The van der Waals surface area contributed by atoms with Crippen LogP contribution in [0.3, 0.4) is 0 Å². The first-order valence-electron chi connectivity index (χ1n) is 23.4. The molecule has 3 aliphatic carbocycles. The zero-order chi connectivity index (χ0) is 41.0. The van der Waals surface area contributed by atoms with Gasteiger partial charge >= 0.3 is 368 Å². The summed E-state index contributed by atoms with van der Waals surface area (Å²) >= 11 is -2.95. The van der Waals surface area contributed by atoms with Crippen LogP contribution in [0.5, 0.6) is 0 Å². The Labute approximate surface area is 390 Å². The van der Waals surface area contributed by atoms with Crippen LogP contribution < -0.4 is 24.8 Å². The van der Waals surface area contributed by atoms with Crippen LogP contribution in [-0.4, -0.2) is 0 Å². The first-order valence-corrected chi connectivity index (χ1v) is 27.0. The van der Waals surface area contributed by atoms with Gasteiger partial charge in [0.05, 0.1) is 0 Å². The molecule has 0 radical (unpaired) electrons. The summed E-state index contributed by atoms with van der Waals surface area (Å²) in [5.74, 6) is 1.22. The summed E-state index contributed by atoms with van der Waals surface area (Å²) in [5.41, 5.74) is 15.6. The fourth-order valence-corrected chi connectivity index (χ4v) is 27.8. The van der Waals surface area contributed by atoms with E-state index in [1.54, 1.807) is 22.3 Å². The van der Waals surface area contributed by atoms with Crippen LogP contribution in [0.15, 0.2) is 157 Å². The number of fused-ring (bicyclic) bond motifs is 7. The summed E-state index contributed by atoms with van der Waals surface area (Å²) in [7, 11) is 0. The average molecular weight is 896 g/mol. The minimum absolute atomic E-state index is 0. The van der Waals surface area contributed by atoms with Crippen LogP contribution in [0, 0.1) is 11.8 Å². The van der Waals surface area contributed by atoms with Crippen molar-refractivity contribution in [3.63, 3.8) is 0 Å². The second-order valence-corrected chi connectivity index (χ2v) is 27.2. The van der Waals surface area contributed by atoms with Gasteiger partial charge in [0, 0.05) is 0 Å². The number of rotatable bonds is 8. The Kier molecular flexibility index (Phi) is 11.2. The van der Waals surface area contributed by atoms with Crippen molar-refractivity contribution in [3.8, 4) is 22.3 Å². The van der Waals surface area contributed by atoms with E-state index in [1.807, 2.05) is 0 Å². The van der Waals surface area contributed by atoms with Gasteiger partial charge in [0.2, 0.25) is 0 Å². The molecule has 8 aromatic rings. The molecule has 0 nitrogen and oxygen atoms in total. The normalized spacial score (nSPS) is 21.1. The first kappa shape index (κ1) is 42.5. The molecule has 63 heavy (non-hydrogen) atoms. The second kappa shape index (κ2) is 16.5. The number of halogens is 2. The topological polar surface area (TPSA) is 0 Å². The van der Waals surface area contributed by atoms with E-state index in [-0.39, 0.29) is 24.8 Å². The molecule has 0 N–H and O–H groups in total. The van der Waals surface area contributed by atoms with Gasteiger partial charge in [-0.3, -0.25) is 0 Å². The number of allylic oxidation sites excluding steroid dienone is 2. The maximum atomic E-state index is 2.77. The standard InChI is InChI=1S/2C27H23.C6H10.2ClH.Ti/c2*1-18(2)14-19-15-20-10-7-13-25(26(20)16-19)27-23-11-5-3-8-21(23)17-22-9-4-6-12-24(22)27;1-2-4-6-5-3-1;;;/h2*3-13,15-18H,14H2,1-2H3;1-2H,3-6H2;2*1H;/q;;;;;+2/p-2. The number of benzene rings is 8. The van der Waals surface area contributed by atoms with E-state index >= 15 is 0 Å². The van der Waals surface area contributed by atoms with Gasteiger partial charge in [0.15, 0.2) is 0 Å². The predicted octanol–water partition coefficient (Wildman–Crippen LogP) is 11.6. The summed E-state index contributed by atoms with van der Waals surface area (Å²) in [6.45, 7) is 9.87. The van der Waals surface area contributed by atoms with Gasteiger partial charge in [-0.05, 0) is 0 Å². The predicted molar refractivity (Wildman–Crippen MR) is 260 cm³/mol. The molecule has 1 aliphatic heterocycles. The molecule has 12 rings (SSSR count). The third-order valence-electron chi connectivity index (χ3n) is 15.6. The second-order valence-electron chi connectivity index (χ2n) is 20.0. The summed E-state index contributed by atoms with van der Waals surface area (Å²) in [6.07, 6.45) is 13.6. The van der Waals surface area contributed by atoms with Gasteiger partial charge < -0.3 is 24.8 Å². The molecule has 3 heteroatoms. The van der Waals surface area contributed by atoms with Crippen molar-refractivity contribution < 1.29 is 41.4 Å². The summed E-state index contributed by atoms with van der Waals surface area (Å²) in [5, 5.41) is 10.8. The van der Waals surface area contributed by atoms with E-state index in [0.717, 1.165) is 8.45 Å². The van der Waals surface area contributed by atoms with Crippen LogP contribution >= 0.6 is 0 Å². The van der Waals surface area contributed by atoms with Crippen LogP contribution in [0.1, 0.15) is 96.9 Å². The molecule has 8 aromatic carbocycles. The largest absolute Gasteiger partial charge is 1.00 e. The van der Waals surface area contributed by atoms with Gasteiger partial charge in [-0.2, -0.15) is 0 Å². The van der Waals surface area contributed by atoms with Gasteiger partial charge in [0.25, 0.3) is 0 Å². The van der Waals surface area contributed by atoms with Crippen molar-refractivity contribution >= 4 is 55.2 Å². The van der Waals surface area contributed by atoms with Gasteiger partial charge in [-0.25, -0.2) is 0 Å². The number of hydrogen-bond donors (Lipinski definition) is 0. The van der Waals surface area contributed by atoms with E-state index in [2.05, 4.69) is 185 Å². The van der Waals surface area contributed by atoms with Crippen LogP contribution in [0.2, 0.25) is 8.45 Å². The maximum Gasteiger partial charge on any atom is -1.00 e. The molecule has 314 valence electrons. The van der Waals surface area contributed by atoms with Crippen molar-refractivity contribution in [2.75, 3.05) is 0 Å². The van der Waals surface area contributed by atoms with Crippen molar-refractivity contribution in [2.24, 2.45) is 11.8 Å². The third kappa shape index (κ3) is 6.57.